The van der Waals surface area contributed by atoms with Crippen LogP contribution < -0.4 is 14.8 Å². The maximum absolute atomic E-state index is 12.0. The fraction of sp³-hybridized carbons (Fsp3) is 0.571. The molecule has 1 aromatic rings. The first-order valence-corrected chi connectivity index (χ1v) is 9.07. The number of halogens is 1. The lowest BCUT2D eigenvalue weighted by Crippen LogP contribution is -2.28. The summed E-state index contributed by atoms with van der Waals surface area (Å²) in [5, 5.41) is 3.79. The first-order valence-electron chi connectivity index (χ1n) is 7.04. The molecule has 0 bridgehead atoms. The zero-order valence-corrected chi connectivity index (χ0v) is 13.6. The Hall–Kier alpha value is -0.820. The van der Waals surface area contributed by atoms with Crippen LogP contribution in [0, 0.1) is 0 Å². The summed E-state index contributed by atoms with van der Waals surface area (Å²) in [5.74, 6) is 0.694. The Morgan fingerprint density at radius 2 is 2.14 bits per heavy atom. The van der Waals surface area contributed by atoms with Crippen LogP contribution in [-0.2, 0) is 16.6 Å². The number of hydrogen-bond donors (Lipinski definition) is 2. The van der Waals surface area contributed by atoms with Crippen LogP contribution in [0.25, 0.3) is 0 Å². The van der Waals surface area contributed by atoms with Crippen LogP contribution in [0.4, 0.5) is 0 Å². The van der Waals surface area contributed by atoms with Crippen LogP contribution in [0.15, 0.2) is 18.2 Å². The van der Waals surface area contributed by atoms with Gasteiger partial charge < -0.3 is 10.1 Å². The molecule has 5 nitrogen and oxygen atoms in total. The molecule has 1 saturated carbocycles. The molecule has 0 heterocycles. The fourth-order valence-corrected chi connectivity index (χ4v) is 3.28. The molecule has 0 unspecified atom stereocenters. The number of sulfonamides is 1. The molecular formula is C14H21ClN2O3S. The lowest BCUT2D eigenvalue weighted by Gasteiger charge is -2.12. The van der Waals surface area contributed by atoms with E-state index in [-0.39, 0.29) is 12.3 Å². The Kier molecular flexibility index (Phi) is 5.87. The Labute approximate surface area is 131 Å². The molecular weight excluding hydrogens is 312 g/mol. The van der Waals surface area contributed by atoms with E-state index in [1.165, 1.54) is 20.0 Å². The Bertz CT molecular complexity index is 574. The molecule has 0 amide bonds. The summed E-state index contributed by atoms with van der Waals surface area (Å²) in [6.45, 7) is 0.877. The average molecular weight is 333 g/mol. The summed E-state index contributed by atoms with van der Waals surface area (Å²) in [4.78, 5) is 0. The summed E-state index contributed by atoms with van der Waals surface area (Å²) in [7, 11) is -1.77. The molecule has 118 valence electrons. The number of ether oxygens (including phenoxy) is 1. The van der Waals surface area contributed by atoms with Gasteiger partial charge in [0.25, 0.3) is 0 Å². The highest BCUT2D eigenvalue weighted by molar-refractivity contribution is 7.89. The molecule has 0 atom stereocenters. The zero-order valence-electron chi connectivity index (χ0n) is 12.1. The van der Waals surface area contributed by atoms with Gasteiger partial charge in [0.05, 0.1) is 12.9 Å². The number of hydrogen-bond acceptors (Lipinski definition) is 4. The van der Waals surface area contributed by atoms with Gasteiger partial charge in [0.2, 0.25) is 10.0 Å². The predicted octanol–water partition coefficient (Wildman–Crippen LogP) is 1.91. The van der Waals surface area contributed by atoms with Crippen molar-refractivity contribution in [2.24, 2.45) is 0 Å². The fourth-order valence-electron chi connectivity index (χ4n) is 2.01. The largest absolute Gasteiger partial charge is 0.496 e. The van der Waals surface area contributed by atoms with Crippen molar-refractivity contribution >= 4 is 21.6 Å². The van der Waals surface area contributed by atoms with Gasteiger partial charge in [-0.1, -0.05) is 17.7 Å². The Morgan fingerprint density at radius 3 is 2.81 bits per heavy atom. The molecule has 7 heteroatoms. The highest BCUT2D eigenvalue weighted by Gasteiger charge is 2.20. The standard InChI is InChI=1S/C14H21ClN2O3S/c1-20-14-5-2-4-13(15)12(14)10-17-21(18,19)9-3-8-16-11-6-7-11/h2,4-5,11,16-17H,3,6-10H2,1H3. The Balaban J connectivity index is 1.82. The predicted molar refractivity (Wildman–Crippen MR) is 84.3 cm³/mol. The monoisotopic (exact) mass is 332 g/mol. The van der Waals surface area contributed by atoms with Crippen molar-refractivity contribution in [1.29, 1.82) is 0 Å². The molecule has 1 aliphatic rings. The number of methoxy groups -OCH3 is 1. The molecule has 21 heavy (non-hydrogen) atoms. The van der Waals surface area contributed by atoms with Crippen molar-refractivity contribution in [3.63, 3.8) is 0 Å². The summed E-state index contributed by atoms with van der Waals surface area (Å²) in [6, 6.07) is 5.85. The van der Waals surface area contributed by atoms with Crippen molar-refractivity contribution < 1.29 is 13.2 Å². The van der Waals surface area contributed by atoms with Crippen LogP contribution in [0.2, 0.25) is 5.02 Å². The molecule has 0 radical (unpaired) electrons. The van der Waals surface area contributed by atoms with E-state index in [0.29, 0.717) is 28.8 Å². The molecule has 1 aromatic carbocycles. The van der Waals surface area contributed by atoms with Crippen LogP contribution in [0.1, 0.15) is 24.8 Å². The molecule has 1 aliphatic carbocycles. The Morgan fingerprint density at radius 1 is 1.38 bits per heavy atom. The van der Waals surface area contributed by atoms with E-state index in [1.54, 1.807) is 18.2 Å². The molecule has 0 aliphatic heterocycles. The van der Waals surface area contributed by atoms with Gasteiger partial charge in [-0.2, -0.15) is 0 Å². The molecule has 1 fully saturated rings. The highest BCUT2D eigenvalue weighted by atomic mass is 35.5. The minimum atomic E-state index is -3.30. The van der Waals surface area contributed by atoms with E-state index in [2.05, 4.69) is 10.0 Å². The van der Waals surface area contributed by atoms with E-state index in [1.807, 2.05) is 0 Å². The third kappa shape index (κ3) is 5.47. The topological polar surface area (TPSA) is 67.4 Å². The summed E-state index contributed by atoms with van der Waals surface area (Å²) >= 11 is 6.08. The van der Waals surface area contributed by atoms with Gasteiger partial charge in [-0.15, -0.1) is 0 Å². The van der Waals surface area contributed by atoms with Crippen molar-refractivity contribution in [3.05, 3.63) is 28.8 Å². The van der Waals surface area contributed by atoms with Crippen molar-refractivity contribution in [2.75, 3.05) is 19.4 Å². The highest BCUT2D eigenvalue weighted by Crippen LogP contribution is 2.26. The normalized spacial score (nSPS) is 15.1. The molecule has 2 rings (SSSR count). The average Bonchev–Trinajstić information content (AvgIpc) is 3.26. The molecule has 2 N–H and O–H groups in total. The van der Waals surface area contributed by atoms with Gasteiger partial charge in [-0.05, 0) is 37.9 Å². The number of rotatable bonds is 9. The summed E-state index contributed by atoms with van der Waals surface area (Å²) in [6.07, 6.45) is 3.01. The quantitative estimate of drug-likeness (QED) is 0.678. The second-order valence-electron chi connectivity index (χ2n) is 5.14. The maximum atomic E-state index is 12.0. The van der Waals surface area contributed by atoms with Crippen LogP contribution in [0.5, 0.6) is 5.75 Å². The van der Waals surface area contributed by atoms with Crippen LogP contribution >= 0.6 is 11.6 Å². The van der Waals surface area contributed by atoms with Gasteiger partial charge in [0.1, 0.15) is 5.75 Å². The molecule has 0 spiro atoms. The van der Waals surface area contributed by atoms with E-state index in [0.717, 1.165) is 6.54 Å². The van der Waals surface area contributed by atoms with E-state index in [4.69, 9.17) is 16.3 Å². The van der Waals surface area contributed by atoms with Crippen LogP contribution in [-0.4, -0.2) is 33.9 Å². The minimum absolute atomic E-state index is 0.111. The number of nitrogens with one attached hydrogen (secondary N) is 2. The first kappa shape index (κ1) is 16.5. The van der Waals surface area contributed by atoms with Crippen molar-refractivity contribution in [3.8, 4) is 5.75 Å². The smallest absolute Gasteiger partial charge is 0.211 e. The second kappa shape index (κ2) is 7.45. The van der Waals surface area contributed by atoms with Crippen molar-refractivity contribution in [2.45, 2.75) is 31.8 Å². The van der Waals surface area contributed by atoms with Gasteiger partial charge in [0.15, 0.2) is 0 Å². The summed E-state index contributed by atoms with van der Waals surface area (Å²) in [5.41, 5.74) is 0.654. The van der Waals surface area contributed by atoms with Gasteiger partial charge in [-0.3, -0.25) is 0 Å². The second-order valence-corrected chi connectivity index (χ2v) is 7.48. The van der Waals surface area contributed by atoms with E-state index < -0.39 is 10.0 Å². The zero-order chi connectivity index (χ0) is 15.3. The van der Waals surface area contributed by atoms with Crippen LogP contribution in [0.3, 0.4) is 0 Å². The number of benzene rings is 1. The van der Waals surface area contributed by atoms with Crippen molar-refractivity contribution in [1.82, 2.24) is 10.0 Å². The van der Waals surface area contributed by atoms with Gasteiger partial charge in [0, 0.05) is 23.2 Å². The van der Waals surface area contributed by atoms with Gasteiger partial charge in [-0.25, -0.2) is 13.1 Å². The lowest BCUT2D eigenvalue weighted by atomic mass is 10.2. The lowest BCUT2D eigenvalue weighted by molar-refractivity contribution is 0.409. The molecule has 0 aromatic heterocycles. The first-order chi connectivity index (χ1) is 10.0. The molecule has 0 saturated heterocycles. The SMILES string of the molecule is COc1cccc(Cl)c1CNS(=O)(=O)CCCNC1CC1. The van der Waals surface area contributed by atoms with Gasteiger partial charge >= 0.3 is 0 Å². The maximum Gasteiger partial charge on any atom is 0.211 e. The minimum Gasteiger partial charge on any atom is -0.496 e. The van der Waals surface area contributed by atoms with E-state index in [9.17, 15) is 8.42 Å². The summed E-state index contributed by atoms with van der Waals surface area (Å²) < 4.78 is 31.7. The van der Waals surface area contributed by atoms with E-state index >= 15 is 0 Å². The third-order valence-electron chi connectivity index (χ3n) is 3.36. The third-order valence-corrected chi connectivity index (χ3v) is 5.13.